The summed E-state index contributed by atoms with van der Waals surface area (Å²) in [6.45, 7) is 4.66. The molecule has 5 rings (SSSR count). The quantitative estimate of drug-likeness (QED) is 0.469. The summed E-state index contributed by atoms with van der Waals surface area (Å²) in [5.41, 5.74) is 0.773. The number of carbonyl (C=O) groups excluding carboxylic acids is 3. The number of likely N-dealkylation sites (tertiary alicyclic amines) is 2. The van der Waals surface area contributed by atoms with Crippen molar-refractivity contribution in [1.29, 1.82) is 0 Å². The second-order valence-corrected chi connectivity index (χ2v) is 12.5. The minimum atomic E-state index is -0.356. The van der Waals surface area contributed by atoms with Crippen molar-refractivity contribution >= 4 is 41.1 Å². The van der Waals surface area contributed by atoms with E-state index in [0.29, 0.717) is 61.6 Å². The second-order valence-electron chi connectivity index (χ2n) is 11.7. The molecule has 202 valence electrons. The highest BCUT2D eigenvalue weighted by Gasteiger charge is 2.48. The number of hydrogen-bond donors (Lipinski definition) is 0. The molecule has 0 N–H and O–H groups in total. The molecule has 37 heavy (non-hydrogen) atoms. The first-order valence-corrected chi connectivity index (χ1v) is 14.3. The van der Waals surface area contributed by atoms with Gasteiger partial charge in [0.15, 0.2) is 0 Å². The van der Waals surface area contributed by atoms with E-state index in [2.05, 4.69) is 0 Å². The topological polar surface area (TPSA) is 70.2 Å². The van der Waals surface area contributed by atoms with Gasteiger partial charge < -0.3 is 19.4 Å². The van der Waals surface area contributed by atoms with Crippen molar-refractivity contribution in [2.45, 2.75) is 63.8 Å². The highest BCUT2D eigenvalue weighted by molar-refractivity contribution is 6.42. The van der Waals surface area contributed by atoms with Crippen LogP contribution in [0.1, 0.15) is 63.4 Å². The van der Waals surface area contributed by atoms with Gasteiger partial charge in [-0.05, 0) is 55.7 Å². The van der Waals surface area contributed by atoms with Crippen molar-refractivity contribution in [3.8, 4) is 0 Å². The fourth-order valence-electron chi connectivity index (χ4n) is 5.76. The molecule has 0 bridgehead atoms. The maximum atomic E-state index is 13.6. The third-order valence-corrected chi connectivity index (χ3v) is 9.59. The summed E-state index contributed by atoms with van der Waals surface area (Å²) < 4.78 is 5.57. The van der Waals surface area contributed by atoms with Crippen LogP contribution in [0.15, 0.2) is 18.2 Å². The van der Waals surface area contributed by atoms with Gasteiger partial charge in [0.2, 0.25) is 11.8 Å². The molecule has 4 aliphatic rings. The fraction of sp³-hybridized carbons (Fsp3) is 0.679. The average molecular weight is 551 g/mol. The van der Waals surface area contributed by atoms with Crippen LogP contribution in [-0.2, 0) is 14.3 Å². The highest BCUT2D eigenvalue weighted by atomic mass is 35.5. The van der Waals surface area contributed by atoms with E-state index in [0.717, 1.165) is 24.8 Å². The van der Waals surface area contributed by atoms with Gasteiger partial charge in [0, 0.05) is 50.5 Å². The van der Waals surface area contributed by atoms with Gasteiger partial charge in [-0.15, -0.1) is 0 Å². The molecule has 0 unspecified atom stereocenters. The zero-order chi connectivity index (χ0) is 26.3. The summed E-state index contributed by atoms with van der Waals surface area (Å²) in [4.78, 5) is 44.7. The van der Waals surface area contributed by atoms with Gasteiger partial charge in [0.1, 0.15) is 0 Å². The van der Waals surface area contributed by atoms with Crippen LogP contribution in [0.4, 0.5) is 4.79 Å². The third kappa shape index (κ3) is 5.88. The van der Waals surface area contributed by atoms with Crippen LogP contribution in [0.5, 0.6) is 0 Å². The number of piperidine rings is 1. The molecule has 3 amide bonds. The molecule has 9 heteroatoms. The molecule has 1 aromatic rings. The molecule has 4 fully saturated rings. The lowest BCUT2D eigenvalue weighted by Gasteiger charge is -2.34. The van der Waals surface area contributed by atoms with E-state index < -0.39 is 0 Å². The number of carbonyl (C=O) groups is 3. The molecule has 7 nitrogen and oxygen atoms in total. The lowest BCUT2D eigenvalue weighted by Crippen LogP contribution is -2.46. The second kappa shape index (κ2) is 10.6. The van der Waals surface area contributed by atoms with Gasteiger partial charge in [0.05, 0.1) is 22.7 Å². The van der Waals surface area contributed by atoms with Gasteiger partial charge in [-0.25, -0.2) is 4.79 Å². The van der Waals surface area contributed by atoms with Crippen LogP contribution in [0, 0.1) is 17.3 Å². The fourth-order valence-corrected chi connectivity index (χ4v) is 6.06. The van der Waals surface area contributed by atoms with Crippen LogP contribution in [0.3, 0.4) is 0 Å². The Morgan fingerprint density at radius 1 is 1.03 bits per heavy atom. The summed E-state index contributed by atoms with van der Waals surface area (Å²) in [6.07, 6.45) is 6.28. The Morgan fingerprint density at radius 3 is 2.35 bits per heavy atom. The largest absolute Gasteiger partial charge is 0.449 e. The summed E-state index contributed by atoms with van der Waals surface area (Å²) in [5, 5.41) is 0.931. The Morgan fingerprint density at radius 2 is 1.73 bits per heavy atom. The molecule has 0 radical (unpaired) electrons. The Labute approximate surface area is 229 Å². The lowest BCUT2D eigenvalue weighted by molar-refractivity contribution is -0.142. The Balaban J connectivity index is 1.25. The van der Waals surface area contributed by atoms with E-state index in [-0.39, 0.29) is 41.2 Å². The first-order valence-electron chi connectivity index (χ1n) is 13.6. The molecular weight excluding hydrogens is 513 g/mol. The van der Waals surface area contributed by atoms with E-state index in [1.165, 1.54) is 12.8 Å². The lowest BCUT2D eigenvalue weighted by atomic mass is 9.93. The zero-order valence-electron chi connectivity index (χ0n) is 21.8. The third-order valence-electron chi connectivity index (χ3n) is 8.85. The predicted octanol–water partition coefficient (Wildman–Crippen LogP) is 5.20. The number of amides is 3. The SMILES string of the molecule is CN(C(=O)OCCC1CC1)[C@H]1CN(C(=O)C2CCN(C(=O)C3(C)CC3)CC2)C[C@@H]1c1ccc(Cl)c(Cl)c1. The molecule has 2 saturated carbocycles. The zero-order valence-corrected chi connectivity index (χ0v) is 23.3. The van der Waals surface area contributed by atoms with Gasteiger partial charge in [-0.2, -0.15) is 0 Å². The monoisotopic (exact) mass is 549 g/mol. The molecule has 2 aliphatic heterocycles. The van der Waals surface area contributed by atoms with Crippen molar-refractivity contribution < 1.29 is 19.1 Å². The Hall–Kier alpha value is -1.99. The Bertz CT molecular complexity index is 1050. The number of halogens is 2. The number of ether oxygens (including phenoxy) is 1. The van der Waals surface area contributed by atoms with E-state index in [1.807, 2.05) is 28.9 Å². The summed E-state index contributed by atoms with van der Waals surface area (Å²) >= 11 is 12.5. The minimum Gasteiger partial charge on any atom is -0.449 e. The molecule has 0 spiro atoms. The minimum absolute atomic E-state index is 0.101. The van der Waals surface area contributed by atoms with Gasteiger partial charge in [-0.1, -0.05) is 49.0 Å². The van der Waals surface area contributed by atoms with Crippen LogP contribution in [-0.4, -0.2) is 78.5 Å². The van der Waals surface area contributed by atoms with Gasteiger partial charge in [0.25, 0.3) is 0 Å². The van der Waals surface area contributed by atoms with Crippen LogP contribution in [0.2, 0.25) is 10.0 Å². The number of hydrogen-bond acceptors (Lipinski definition) is 4. The molecule has 2 saturated heterocycles. The average Bonchev–Trinajstić information content (AvgIpc) is 3.83. The van der Waals surface area contributed by atoms with Crippen molar-refractivity contribution in [2.75, 3.05) is 39.8 Å². The molecule has 2 aliphatic carbocycles. The highest BCUT2D eigenvalue weighted by Crippen LogP contribution is 2.47. The maximum Gasteiger partial charge on any atom is 0.409 e. The molecule has 2 atom stereocenters. The van der Waals surface area contributed by atoms with Crippen molar-refractivity contribution in [2.24, 2.45) is 17.3 Å². The molecular formula is C28H37Cl2N3O4. The van der Waals surface area contributed by atoms with E-state index in [4.69, 9.17) is 27.9 Å². The molecule has 1 aromatic carbocycles. The van der Waals surface area contributed by atoms with Crippen LogP contribution >= 0.6 is 23.2 Å². The van der Waals surface area contributed by atoms with E-state index >= 15 is 0 Å². The van der Waals surface area contributed by atoms with Gasteiger partial charge in [-0.3, -0.25) is 9.59 Å². The summed E-state index contributed by atoms with van der Waals surface area (Å²) in [5.74, 6) is 0.820. The predicted molar refractivity (Wildman–Crippen MR) is 143 cm³/mol. The van der Waals surface area contributed by atoms with Crippen molar-refractivity contribution in [3.63, 3.8) is 0 Å². The van der Waals surface area contributed by atoms with Gasteiger partial charge >= 0.3 is 6.09 Å². The standard InChI is InChI=1S/C28H37Cl2N3O4/c1-28(10-11-28)26(35)32-12-7-19(8-13-32)25(34)33-16-21(20-5-6-22(29)23(30)15-20)24(17-33)31(2)27(36)37-14-9-18-3-4-18/h5-6,15,18-19,21,24H,3-4,7-14,16-17H2,1-2H3/t21-,24+/m1/s1. The number of rotatable bonds is 7. The summed E-state index contributed by atoms with van der Waals surface area (Å²) in [7, 11) is 1.76. The van der Waals surface area contributed by atoms with Crippen LogP contribution < -0.4 is 0 Å². The number of nitrogens with zero attached hydrogens (tertiary/aromatic N) is 3. The summed E-state index contributed by atoms with van der Waals surface area (Å²) in [6, 6.07) is 5.30. The Kier molecular flexibility index (Phi) is 7.65. The normalized spacial score (nSPS) is 25.2. The smallest absolute Gasteiger partial charge is 0.409 e. The van der Waals surface area contributed by atoms with Crippen molar-refractivity contribution in [3.05, 3.63) is 33.8 Å². The van der Waals surface area contributed by atoms with E-state index in [9.17, 15) is 14.4 Å². The number of likely N-dealkylation sites (N-methyl/N-ethyl adjacent to an activating group) is 1. The molecule has 2 heterocycles. The van der Waals surface area contributed by atoms with E-state index in [1.54, 1.807) is 18.0 Å². The first-order chi connectivity index (χ1) is 17.7. The molecule has 0 aromatic heterocycles. The first kappa shape index (κ1) is 26.6. The number of benzene rings is 1. The van der Waals surface area contributed by atoms with Crippen LogP contribution in [0.25, 0.3) is 0 Å². The maximum absolute atomic E-state index is 13.6. The van der Waals surface area contributed by atoms with Crippen molar-refractivity contribution in [1.82, 2.24) is 14.7 Å².